The van der Waals surface area contributed by atoms with E-state index in [-0.39, 0.29) is 12.2 Å². The minimum Gasteiger partial charge on any atom is -0.508 e. The molecule has 0 spiro atoms. The molecule has 0 bridgehead atoms. The number of nitrogens with one attached hydrogen (secondary N) is 3. The van der Waals surface area contributed by atoms with Crippen LogP contribution in [0.1, 0.15) is 32.3 Å². The Morgan fingerprint density at radius 1 is 0.914 bits per heavy atom. The number of carbonyl (C=O) groups excluding carboxylic acids is 3. The molecule has 0 radical (unpaired) electrons. The number of aliphatic hydroxyl groups excluding tert-OH is 1. The summed E-state index contributed by atoms with van der Waals surface area (Å²) in [7, 11) is 0. The number of hydrogen-bond donors (Lipinski definition) is 8. The van der Waals surface area contributed by atoms with Gasteiger partial charge in [0.15, 0.2) is 0 Å². The zero-order valence-electron chi connectivity index (χ0n) is 19.4. The number of aliphatic hydroxyl groups is 1. The van der Waals surface area contributed by atoms with Gasteiger partial charge in [0.2, 0.25) is 17.7 Å². The molecule has 0 unspecified atom stereocenters. The monoisotopic (exact) mass is 496 g/mol. The van der Waals surface area contributed by atoms with Crippen LogP contribution in [0.3, 0.4) is 0 Å². The van der Waals surface area contributed by atoms with Crippen LogP contribution in [-0.4, -0.2) is 80.9 Å². The van der Waals surface area contributed by atoms with E-state index in [1.165, 1.54) is 24.3 Å². The van der Waals surface area contributed by atoms with E-state index in [1.54, 1.807) is 13.8 Å². The van der Waals surface area contributed by atoms with E-state index in [9.17, 15) is 34.2 Å². The van der Waals surface area contributed by atoms with Gasteiger partial charge in [-0.3, -0.25) is 19.2 Å². The molecule has 5 atom stereocenters. The molecule has 1 aromatic rings. The first-order valence-electron chi connectivity index (χ1n) is 10.9. The van der Waals surface area contributed by atoms with Gasteiger partial charge in [0, 0.05) is 6.42 Å². The number of aromatic hydroxyl groups is 1. The zero-order chi connectivity index (χ0) is 26.7. The maximum Gasteiger partial charge on any atom is 0.326 e. The standard InChI is InChI=1S/C22H32N4O9/c1-3-11(2)18(26-19(31)14(23)10-27)21(33)24-15(8-12-4-6-13(28)7-5-12)20(32)25-16(22(34)35)9-17(29)30/h4-7,11,14-16,18,27-28H,3,8-10,23H2,1-2H3,(H,24,33)(H,25,32)(H,26,31)(H,29,30)(H,34,35)/t11-,14-,15-,16-,18-/m0/s1. The highest BCUT2D eigenvalue weighted by Gasteiger charge is 2.33. The summed E-state index contributed by atoms with van der Waals surface area (Å²) in [4.78, 5) is 60.5. The number of benzene rings is 1. The van der Waals surface area contributed by atoms with Crippen LogP contribution in [0.5, 0.6) is 5.75 Å². The van der Waals surface area contributed by atoms with Gasteiger partial charge in [-0.15, -0.1) is 0 Å². The largest absolute Gasteiger partial charge is 0.508 e. The molecule has 0 aliphatic heterocycles. The van der Waals surface area contributed by atoms with Crippen molar-refractivity contribution < 1.29 is 44.4 Å². The Hall–Kier alpha value is -3.71. The topological polar surface area (TPSA) is 228 Å². The SMILES string of the molecule is CC[C@H](C)[C@H](NC(=O)[C@@H](N)CO)C(=O)N[C@@H](Cc1ccc(O)cc1)C(=O)N[C@@H](CC(=O)O)C(=O)O. The summed E-state index contributed by atoms with van der Waals surface area (Å²) < 4.78 is 0. The highest BCUT2D eigenvalue weighted by atomic mass is 16.4. The Bertz CT molecular complexity index is 907. The van der Waals surface area contributed by atoms with Crippen LogP contribution in [0.15, 0.2) is 24.3 Å². The maximum atomic E-state index is 13.1. The van der Waals surface area contributed by atoms with Crippen molar-refractivity contribution in [2.24, 2.45) is 11.7 Å². The van der Waals surface area contributed by atoms with Crippen LogP contribution < -0.4 is 21.7 Å². The Morgan fingerprint density at radius 2 is 1.49 bits per heavy atom. The zero-order valence-corrected chi connectivity index (χ0v) is 19.4. The van der Waals surface area contributed by atoms with Crippen molar-refractivity contribution in [2.45, 2.75) is 57.3 Å². The number of phenolic OH excluding ortho intramolecular Hbond substituents is 1. The summed E-state index contributed by atoms with van der Waals surface area (Å²) in [6.07, 6.45) is -0.554. The number of nitrogens with two attached hydrogens (primary N) is 1. The van der Waals surface area contributed by atoms with Crippen molar-refractivity contribution in [3.63, 3.8) is 0 Å². The Kier molecular flexibility index (Phi) is 11.6. The van der Waals surface area contributed by atoms with E-state index >= 15 is 0 Å². The van der Waals surface area contributed by atoms with Gasteiger partial charge in [-0.2, -0.15) is 0 Å². The van der Waals surface area contributed by atoms with Crippen LogP contribution in [-0.2, 0) is 30.4 Å². The van der Waals surface area contributed by atoms with Crippen molar-refractivity contribution in [1.82, 2.24) is 16.0 Å². The molecule has 0 aromatic heterocycles. The van der Waals surface area contributed by atoms with Gasteiger partial charge >= 0.3 is 11.9 Å². The number of carboxylic acid groups (broad SMARTS) is 2. The molecule has 0 aliphatic carbocycles. The Labute approximate surface area is 201 Å². The van der Waals surface area contributed by atoms with Gasteiger partial charge in [-0.05, 0) is 23.6 Å². The Morgan fingerprint density at radius 3 is 1.97 bits per heavy atom. The quantitative estimate of drug-likeness (QED) is 0.146. The highest BCUT2D eigenvalue weighted by molar-refractivity contribution is 5.95. The van der Waals surface area contributed by atoms with Gasteiger partial charge in [0.25, 0.3) is 0 Å². The Balaban J connectivity index is 3.19. The second-order valence-electron chi connectivity index (χ2n) is 8.09. The summed E-state index contributed by atoms with van der Waals surface area (Å²) in [6, 6.07) is 0.199. The van der Waals surface area contributed by atoms with Gasteiger partial charge in [-0.1, -0.05) is 32.4 Å². The predicted molar refractivity (Wildman–Crippen MR) is 122 cm³/mol. The lowest BCUT2D eigenvalue weighted by atomic mass is 9.96. The first-order valence-corrected chi connectivity index (χ1v) is 10.9. The number of hydrogen-bond acceptors (Lipinski definition) is 8. The van der Waals surface area contributed by atoms with Crippen LogP contribution in [0, 0.1) is 5.92 Å². The fraction of sp³-hybridized carbons (Fsp3) is 0.500. The molecular formula is C22H32N4O9. The minimum absolute atomic E-state index is 0.0362. The van der Waals surface area contributed by atoms with E-state index in [2.05, 4.69) is 16.0 Å². The fourth-order valence-electron chi connectivity index (χ4n) is 3.03. The van der Waals surface area contributed by atoms with Crippen molar-refractivity contribution in [1.29, 1.82) is 0 Å². The van der Waals surface area contributed by atoms with E-state index < -0.39 is 72.8 Å². The van der Waals surface area contributed by atoms with Crippen molar-refractivity contribution in [2.75, 3.05) is 6.61 Å². The highest BCUT2D eigenvalue weighted by Crippen LogP contribution is 2.13. The van der Waals surface area contributed by atoms with Gasteiger partial charge in [0.05, 0.1) is 13.0 Å². The molecule has 0 saturated heterocycles. The average molecular weight is 497 g/mol. The normalized spacial score (nSPS) is 15.1. The molecule has 0 heterocycles. The lowest BCUT2D eigenvalue weighted by molar-refractivity contribution is -0.147. The molecule has 1 rings (SSSR count). The molecule has 0 aliphatic rings. The van der Waals surface area contributed by atoms with Crippen LogP contribution in [0.25, 0.3) is 0 Å². The fourth-order valence-corrected chi connectivity index (χ4v) is 3.03. The van der Waals surface area contributed by atoms with Gasteiger partial charge < -0.3 is 42.1 Å². The van der Waals surface area contributed by atoms with E-state index in [0.29, 0.717) is 12.0 Å². The molecule has 1 aromatic carbocycles. The van der Waals surface area contributed by atoms with Gasteiger partial charge in [0.1, 0.15) is 29.9 Å². The molecule has 0 fully saturated rings. The van der Waals surface area contributed by atoms with E-state index in [4.69, 9.17) is 15.9 Å². The summed E-state index contributed by atoms with van der Waals surface area (Å²) in [5, 5.41) is 43.8. The first kappa shape index (κ1) is 29.3. The van der Waals surface area contributed by atoms with E-state index in [1.807, 2.05) is 0 Å². The summed E-state index contributed by atoms with van der Waals surface area (Å²) >= 11 is 0. The van der Waals surface area contributed by atoms with Gasteiger partial charge in [-0.25, -0.2) is 4.79 Å². The average Bonchev–Trinajstić information content (AvgIpc) is 2.81. The van der Waals surface area contributed by atoms with Crippen LogP contribution in [0.4, 0.5) is 0 Å². The minimum atomic E-state index is -1.74. The second-order valence-corrected chi connectivity index (χ2v) is 8.09. The summed E-state index contributed by atoms with van der Waals surface area (Å²) in [5.74, 6) is -5.95. The number of rotatable bonds is 14. The number of amides is 3. The lowest BCUT2D eigenvalue weighted by Crippen LogP contribution is -2.59. The number of phenols is 1. The molecule has 35 heavy (non-hydrogen) atoms. The summed E-state index contributed by atoms with van der Waals surface area (Å²) in [6.45, 7) is 2.80. The smallest absolute Gasteiger partial charge is 0.326 e. The van der Waals surface area contributed by atoms with E-state index in [0.717, 1.165) is 0 Å². The molecule has 13 nitrogen and oxygen atoms in total. The predicted octanol–water partition coefficient (Wildman–Crippen LogP) is -1.69. The number of carboxylic acids is 2. The van der Waals surface area contributed by atoms with Crippen molar-refractivity contribution in [3.8, 4) is 5.75 Å². The number of carbonyl (C=O) groups is 5. The van der Waals surface area contributed by atoms with Crippen LogP contribution in [0.2, 0.25) is 0 Å². The van der Waals surface area contributed by atoms with Crippen molar-refractivity contribution >= 4 is 29.7 Å². The lowest BCUT2D eigenvalue weighted by Gasteiger charge is -2.27. The third-order valence-electron chi connectivity index (χ3n) is 5.33. The first-order chi connectivity index (χ1) is 16.4. The molecular weight excluding hydrogens is 464 g/mol. The molecule has 9 N–H and O–H groups in total. The second kappa shape index (κ2) is 13.9. The van der Waals surface area contributed by atoms with Crippen molar-refractivity contribution in [3.05, 3.63) is 29.8 Å². The third kappa shape index (κ3) is 9.59. The third-order valence-corrected chi connectivity index (χ3v) is 5.33. The number of aliphatic carboxylic acids is 2. The molecule has 13 heteroatoms. The molecule has 0 saturated carbocycles. The molecule has 194 valence electrons. The maximum absolute atomic E-state index is 13.1. The molecule has 3 amide bonds. The van der Waals surface area contributed by atoms with Crippen LogP contribution >= 0.6 is 0 Å². The summed E-state index contributed by atoms with van der Waals surface area (Å²) in [5.41, 5.74) is 6.01.